The Bertz CT molecular complexity index is 1190. The van der Waals surface area contributed by atoms with Gasteiger partial charge < -0.3 is 18.9 Å². The molecule has 3 atom stereocenters. The highest BCUT2D eigenvalue weighted by atomic mass is 32.2. The zero-order chi connectivity index (χ0) is 21.1. The molecule has 0 spiro atoms. The van der Waals surface area contributed by atoms with E-state index >= 15 is 0 Å². The van der Waals surface area contributed by atoms with Gasteiger partial charge in [-0.15, -0.1) is 0 Å². The Morgan fingerprint density at radius 3 is 2.77 bits per heavy atom. The molecule has 3 aliphatic rings. The molecule has 5 heterocycles. The van der Waals surface area contributed by atoms with E-state index in [0.717, 1.165) is 34.6 Å². The van der Waals surface area contributed by atoms with Gasteiger partial charge in [-0.1, -0.05) is 24.8 Å². The first kappa shape index (κ1) is 18.8. The number of nitrogens with zero attached hydrogens (tertiary/aromatic N) is 4. The lowest BCUT2D eigenvalue weighted by atomic mass is 9.96. The molecule has 1 aromatic carbocycles. The molecule has 2 aromatic heterocycles. The van der Waals surface area contributed by atoms with Crippen molar-refractivity contribution < 1.29 is 9.47 Å². The van der Waals surface area contributed by atoms with Gasteiger partial charge in [0.05, 0.1) is 11.7 Å². The molecule has 0 unspecified atom stereocenters. The monoisotopic (exact) mass is 432 g/mol. The van der Waals surface area contributed by atoms with Crippen molar-refractivity contribution in [3.63, 3.8) is 0 Å². The van der Waals surface area contributed by atoms with Crippen LogP contribution in [0, 0.1) is 13.8 Å². The number of fused-ring (bicyclic) bond motifs is 2. The highest BCUT2D eigenvalue weighted by molar-refractivity contribution is 8.14. The molecule has 7 heteroatoms. The van der Waals surface area contributed by atoms with E-state index in [-0.39, 0.29) is 18.9 Å². The second-order valence-corrected chi connectivity index (χ2v) is 9.74. The third kappa shape index (κ3) is 2.94. The second kappa shape index (κ2) is 7.05. The molecule has 0 radical (unpaired) electrons. The SMILES string of the molecule is Cc1cc([C@@H]2[C@@H](c3ccccn3)N=C3S[C@H](C)CN32)c(C)n1-c1ccc2c(c1)OCO2. The van der Waals surface area contributed by atoms with Crippen molar-refractivity contribution in [2.75, 3.05) is 13.3 Å². The third-order valence-corrected chi connectivity index (χ3v) is 7.39. The van der Waals surface area contributed by atoms with E-state index in [1.54, 1.807) is 0 Å². The number of hydrogen-bond acceptors (Lipinski definition) is 6. The minimum Gasteiger partial charge on any atom is -0.454 e. The van der Waals surface area contributed by atoms with Crippen LogP contribution < -0.4 is 9.47 Å². The molecule has 158 valence electrons. The molecule has 0 amide bonds. The maximum Gasteiger partial charge on any atom is 0.231 e. The zero-order valence-electron chi connectivity index (χ0n) is 17.8. The van der Waals surface area contributed by atoms with Crippen LogP contribution in [0.1, 0.15) is 41.7 Å². The predicted octanol–water partition coefficient (Wildman–Crippen LogP) is 4.81. The van der Waals surface area contributed by atoms with E-state index in [1.807, 2.05) is 30.1 Å². The van der Waals surface area contributed by atoms with Crippen LogP contribution in [0.25, 0.3) is 5.69 Å². The van der Waals surface area contributed by atoms with Crippen molar-refractivity contribution in [2.24, 2.45) is 4.99 Å². The molecular formula is C24H24N4O2S. The molecule has 0 N–H and O–H groups in total. The third-order valence-electron chi connectivity index (χ3n) is 6.28. The summed E-state index contributed by atoms with van der Waals surface area (Å²) in [6, 6.07) is 14.7. The summed E-state index contributed by atoms with van der Waals surface area (Å²) in [7, 11) is 0. The molecule has 1 saturated heterocycles. The lowest BCUT2D eigenvalue weighted by Crippen LogP contribution is -2.28. The van der Waals surface area contributed by atoms with Crippen LogP contribution in [0.15, 0.2) is 53.7 Å². The van der Waals surface area contributed by atoms with Gasteiger partial charge in [0.25, 0.3) is 0 Å². The smallest absolute Gasteiger partial charge is 0.231 e. The summed E-state index contributed by atoms with van der Waals surface area (Å²) < 4.78 is 13.4. The maximum atomic E-state index is 5.62. The van der Waals surface area contributed by atoms with Crippen LogP contribution in [0.5, 0.6) is 11.5 Å². The molecular weight excluding hydrogens is 408 g/mol. The lowest BCUT2D eigenvalue weighted by Gasteiger charge is -2.27. The van der Waals surface area contributed by atoms with Gasteiger partial charge in [0, 0.05) is 41.1 Å². The predicted molar refractivity (Wildman–Crippen MR) is 122 cm³/mol. The van der Waals surface area contributed by atoms with Crippen molar-refractivity contribution in [3.8, 4) is 17.2 Å². The zero-order valence-corrected chi connectivity index (χ0v) is 18.6. The molecule has 0 bridgehead atoms. The number of hydrogen-bond donors (Lipinski definition) is 0. The molecule has 1 fully saturated rings. The van der Waals surface area contributed by atoms with Crippen molar-refractivity contribution in [2.45, 2.75) is 38.1 Å². The van der Waals surface area contributed by atoms with Crippen LogP contribution in [0.2, 0.25) is 0 Å². The second-order valence-electron chi connectivity index (χ2n) is 8.34. The molecule has 0 saturated carbocycles. The summed E-state index contributed by atoms with van der Waals surface area (Å²) in [5.41, 5.74) is 5.83. The van der Waals surface area contributed by atoms with Gasteiger partial charge in [-0.05, 0) is 49.7 Å². The van der Waals surface area contributed by atoms with Gasteiger partial charge in [-0.25, -0.2) is 0 Å². The van der Waals surface area contributed by atoms with Crippen LogP contribution in [0.4, 0.5) is 0 Å². The number of aliphatic imine (C=N–C) groups is 1. The maximum absolute atomic E-state index is 5.62. The Morgan fingerprint density at radius 2 is 1.94 bits per heavy atom. The van der Waals surface area contributed by atoms with Crippen molar-refractivity contribution in [1.82, 2.24) is 14.5 Å². The number of amidine groups is 1. The summed E-state index contributed by atoms with van der Waals surface area (Å²) in [6.07, 6.45) is 1.86. The molecule has 3 aromatic rings. The Morgan fingerprint density at radius 1 is 1.06 bits per heavy atom. The fourth-order valence-corrected chi connectivity index (χ4v) is 6.06. The topological polar surface area (TPSA) is 51.9 Å². The average Bonchev–Trinajstić information content (AvgIpc) is 3.51. The van der Waals surface area contributed by atoms with Gasteiger partial charge in [-0.2, -0.15) is 0 Å². The number of ether oxygens (including phenoxy) is 2. The quantitative estimate of drug-likeness (QED) is 0.595. The summed E-state index contributed by atoms with van der Waals surface area (Å²) >= 11 is 1.87. The normalized spacial score (nSPS) is 23.9. The minimum atomic E-state index is 0.00176. The standard InChI is InChI=1S/C24H24N4O2S/c1-14-10-18(16(3)28(14)17-7-8-20-21(11-17)30-13-29-20)23-22(19-6-4-5-9-25-19)26-24-27(23)12-15(2)31-24/h4-11,15,22-23H,12-13H2,1-3H3/t15-,22-,23-/m1/s1. The van der Waals surface area contributed by atoms with Crippen molar-refractivity contribution in [1.29, 1.82) is 0 Å². The molecule has 31 heavy (non-hydrogen) atoms. The van der Waals surface area contributed by atoms with E-state index in [1.165, 1.54) is 17.0 Å². The lowest BCUT2D eigenvalue weighted by molar-refractivity contribution is 0.174. The van der Waals surface area contributed by atoms with Crippen molar-refractivity contribution in [3.05, 3.63) is 71.3 Å². The molecule has 6 rings (SSSR count). The Balaban J connectivity index is 1.45. The molecule has 0 aliphatic carbocycles. The first-order chi connectivity index (χ1) is 15.1. The van der Waals surface area contributed by atoms with E-state index < -0.39 is 0 Å². The number of aromatic nitrogens is 2. The van der Waals surface area contributed by atoms with Crippen LogP contribution in [0.3, 0.4) is 0 Å². The van der Waals surface area contributed by atoms with Crippen LogP contribution in [-0.2, 0) is 0 Å². The van der Waals surface area contributed by atoms with E-state index in [9.17, 15) is 0 Å². The van der Waals surface area contributed by atoms with Gasteiger partial charge in [0.2, 0.25) is 6.79 Å². The number of aryl methyl sites for hydroxylation is 1. The van der Waals surface area contributed by atoms with E-state index in [2.05, 4.69) is 65.6 Å². The summed E-state index contributed by atoms with van der Waals surface area (Å²) in [4.78, 5) is 12.3. The average molecular weight is 433 g/mol. The van der Waals surface area contributed by atoms with Gasteiger partial charge in [0.15, 0.2) is 16.7 Å². The minimum absolute atomic E-state index is 0.00176. The molecule has 6 nitrogen and oxygen atoms in total. The van der Waals surface area contributed by atoms with Crippen molar-refractivity contribution >= 4 is 16.9 Å². The first-order valence-corrected chi connectivity index (χ1v) is 11.5. The fourth-order valence-electron chi connectivity index (χ4n) is 4.96. The Hall–Kier alpha value is -2.93. The molecule has 3 aliphatic heterocycles. The van der Waals surface area contributed by atoms with Crippen LogP contribution >= 0.6 is 11.8 Å². The summed E-state index contributed by atoms with van der Waals surface area (Å²) in [6.45, 7) is 7.92. The van der Waals surface area contributed by atoms with Gasteiger partial charge in [-0.3, -0.25) is 9.98 Å². The first-order valence-electron chi connectivity index (χ1n) is 10.6. The van der Waals surface area contributed by atoms with E-state index in [0.29, 0.717) is 5.25 Å². The van der Waals surface area contributed by atoms with Gasteiger partial charge >= 0.3 is 0 Å². The number of benzene rings is 1. The van der Waals surface area contributed by atoms with Crippen LogP contribution in [-0.4, -0.2) is 38.2 Å². The number of thioether (sulfide) groups is 1. The number of pyridine rings is 1. The Kier molecular flexibility index (Phi) is 4.28. The largest absolute Gasteiger partial charge is 0.454 e. The summed E-state index contributed by atoms with van der Waals surface area (Å²) in [5.74, 6) is 1.60. The highest BCUT2D eigenvalue weighted by Gasteiger charge is 2.44. The number of rotatable bonds is 3. The highest BCUT2D eigenvalue weighted by Crippen LogP contribution is 2.49. The fraction of sp³-hybridized carbons (Fsp3) is 0.333. The van der Waals surface area contributed by atoms with E-state index in [4.69, 9.17) is 14.5 Å². The Labute approximate surface area is 185 Å². The summed E-state index contributed by atoms with van der Waals surface area (Å²) in [5, 5.41) is 1.68. The van der Waals surface area contributed by atoms with Gasteiger partial charge in [0.1, 0.15) is 6.04 Å².